The zero-order valence-corrected chi connectivity index (χ0v) is 14.5. The Hall–Kier alpha value is -2.18. The Morgan fingerprint density at radius 3 is 2.42 bits per heavy atom. The van der Waals surface area contributed by atoms with Gasteiger partial charge >= 0.3 is 0 Å². The van der Waals surface area contributed by atoms with E-state index < -0.39 is 0 Å². The maximum atomic E-state index is 9.41. The van der Waals surface area contributed by atoms with Crippen LogP contribution in [0.2, 0.25) is 15.1 Å². The maximum Gasteiger partial charge on any atom is 0.134 e. The van der Waals surface area contributed by atoms with Gasteiger partial charge < -0.3 is 4.42 Å². The van der Waals surface area contributed by atoms with E-state index in [0.717, 1.165) is 5.56 Å². The van der Waals surface area contributed by atoms with Crippen molar-refractivity contribution in [1.29, 1.82) is 5.26 Å². The molecular weight excluding hydrogens is 365 g/mol. The lowest BCUT2D eigenvalue weighted by molar-refractivity contribution is 0.572. The van der Waals surface area contributed by atoms with Gasteiger partial charge in [-0.05, 0) is 42.5 Å². The normalized spacial score (nSPS) is 11.3. The van der Waals surface area contributed by atoms with Gasteiger partial charge in [0.15, 0.2) is 0 Å². The van der Waals surface area contributed by atoms with Gasteiger partial charge in [0.1, 0.15) is 11.5 Å². The zero-order valence-electron chi connectivity index (χ0n) is 12.3. The molecule has 0 amide bonds. The molecule has 5 heteroatoms. The highest BCUT2D eigenvalue weighted by Crippen LogP contribution is 2.31. The second-order valence-corrected chi connectivity index (χ2v) is 6.20. The van der Waals surface area contributed by atoms with Gasteiger partial charge in [0.05, 0.1) is 21.7 Å². The molecular formula is C19H10Cl3NO. The summed E-state index contributed by atoms with van der Waals surface area (Å²) in [5.41, 5.74) is 1.89. The summed E-state index contributed by atoms with van der Waals surface area (Å²) in [6, 6.07) is 18.2. The molecule has 0 unspecified atom stereocenters. The Morgan fingerprint density at radius 2 is 1.71 bits per heavy atom. The Balaban J connectivity index is 1.97. The van der Waals surface area contributed by atoms with E-state index in [1.54, 1.807) is 36.4 Å². The number of halogens is 3. The van der Waals surface area contributed by atoms with Crippen molar-refractivity contribution in [3.8, 4) is 17.4 Å². The van der Waals surface area contributed by atoms with Crippen LogP contribution in [0.3, 0.4) is 0 Å². The van der Waals surface area contributed by atoms with E-state index in [1.807, 2.05) is 24.3 Å². The number of hydrogen-bond acceptors (Lipinski definition) is 2. The molecule has 0 radical (unpaired) electrons. The van der Waals surface area contributed by atoms with Gasteiger partial charge in [0.2, 0.25) is 0 Å². The van der Waals surface area contributed by atoms with Crippen LogP contribution < -0.4 is 0 Å². The third kappa shape index (κ3) is 3.49. The van der Waals surface area contributed by atoms with E-state index >= 15 is 0 Å². The second kappa shape index (κ2) is 7.15. The second-order valence-electron chi connectivity index (χ2n) is 4.98. The lowest BCUT2D eigenvalue weighted by atomic mass is 10.1. The van der Waals surface area contributed by atoms with Gasteiger partial charge in [0.25, 0.3) is 0 Å². The van der Waals surface area contributed by atoms with Gasteiger partial charge in [-0.1, -0.05) is 53.0 Å². The average Bonchev–Trinajstić information content (AvgIpc) is 3.04. The third-order valence-electron chi connectivity index (χ3n) is 3.40. The fourth-order valence-corrected chi connectivity index (χ4v) is 2.76. The monoisotopic (exact) mass is 373 g/mol. The summed E-state index contributed by atoms with van der Waals surface area (Å²) in [4.78, 5) is 0. The molecule has 118 valence electrons. The molecule has 0 atom stereocenters. The van der Waals surface area contributed by atoms with Crippen molar-refractivity contribution >= 4 is 46.5 Å². The number of hydrogen-bond donors (Lipinski definition) is 0. The molecule has 1 aromatic heterocycles. The molecule has 0 aliphatic carbocycles. The first kappa shape index (κ1) is 16.7. The molecule has 2 aromatic carbocycles. The third-order valence-corrected chi connectivity index (χ3v) is 4.47. The highest BCUT2D eigenvalue weighted by atomic mass is 35.5. The minimum absolute atomic E-state index is 0.427. The minimum Gasteiger partial charge on any atom is -0.457 e. The van der Waals surface area contributed by atoms with E-state index in [1.165, 1.54) is 0 Å². The van der Waals surface area contributed by atoms with Crippen LogP contribution in [0.4, 0.5) is 0 Å². The van der Waals surface area contributed by atoms with Crippen molar-refractivity contribution in [3.63, 3.8) is 0 Å². The molecule has 2 nitrogen and oxygen atoms in total. The largest absolute Gasteiger partial charge is 0.457 e. The van der Waals surface area contributed by atoms with Crippen molar-refractivity contribution < 1.29 is 4.42 Å². The van der Waals surface area contributed by atoms with Crippen molar-refractivity contribution in [3.05, 3.63) is 81.0 Å². The lowest BCUT2D eigenvalue weighted by Crippen LogP contribution is -1.82. The van der Waals surface area contributed by atoms with E-state index in [0.29, 0.717) is 37.7 Å². The fourth-order valence-electron chi connectivity index (χ4n) is 2.23. The minimum atomic E-state index is 0.427. The first-order valence-electron chi connectivity index (χ1n) is 7.00. The molecule has 0 saturated heterocycles. The fraction of sp³-hybridized carbons (Fsp3) is 0. The quantitative estimate of drug-likeness (QED) is 0.464. The van der Waals surface area contributed by atoms with E-state index in [-0.39, 0.29) is 0 Å². The summed E-state index contributed by atoms with van der Waals surface area (Å²) in [5, 5.41) is 10.9. The van der Waals surface area contributed by atoms with E-state index in [4.69, 9.17) is 39.2 Å². The summed E-state index contributed by atoms with van der Waals surface area (Å²) in [6.07, 6.45) is 1.65. The standard InChI is InChI=1S/C19H10Cl3NO/c20-16-4-2-1-3-15(16)13(11-23)9-14-6-8-19(24-14)12-5-7-17(21)18(22)10-12/h1-10H. The summed E-state index contributed by atoms with van der Waals surface area (Å²) >= 11 is 18.1. The van der Waals surface area contributed by atoms with Gasteiger partial charge in [-0.2, -0.15) is 5.26 Å². The summed E-state index contributed by atoms with van der Waals surface area (Å²) < 4.78 is 5.79. The molecule has 3 aromatic rings. The van der Waals surface area contributed by atoms with Crippen LogP contribution in [0, 0.1) is 11.3 Å². The summed E-state index contributed by atoms with van der Waals surface area (Å²) in [6.45, 7) is 0. The molecule has 0 aliphatic heterocycles. The maximum absolute atomic E-state index is 9.41. The highest BCUT2D eigenvalue weighted by Gasteiger charge is 2.09. The molecule has 0 bridgehead atoms. The van der Waals surface area contributed by atoms with Crippen LogP contribution in [-0.4, -0.2) is 0 Å². The molecule has 0 spiro atoms. The van der Waals surface area contributed by atoms with Crippen LogP contribution in [0.25, 0.3) is 23.0 Å². The Morgan fingerprint density at radius 1 is 0.917 bits per heavy atom. The summed E-state index contributed by atoms with van der Waals surface area (Å²) in [5.74, 6) is 1.18. The molecule has 0 fully saturated rings. The number of nitrogens with zero attached hydrogens (tertiary/aromatic N) is 1. The number of furan rings is 1. The first-order chi connectivity index (χ1) is 11.6. The van der Waals surface area contributed by atoms with Crippen LogP contribution in [0.15, 0.2) is 59.0 Å². The van der Waals surface area contributed by atoms with Gasteiger partial charge in [-0.25, -0.2) is 0 Å². The molecule has 0 N–H and O–H groups in total. The van der Waals surface area contributed by atoms with Gasteiger partial charge in [-0.15, -0.1) is 0 Å². The molecule has 0 saturated carbocycles. The van der Waals surface area contributed by atoms with Crippen LogP contribution in [0.5, 0.6) is 0 Å². The van der Waals surface area contributed by atoms with Crippen molar-refractivity contribution in [2.24, 2.45) is 0 Å². The predicted molar refractivity (Wildman–Crippen MR) is 99.1 cm³/mol. The average molecular weight is 375 g/mol. The summed E-state index contributed by atoms with van der Waals surface area (Å²) in [7, 11) is 0. The molecule has 24 heavy (non-hydrogen) atoms. The van der Waals surface area contributed by atoms with Crippen molar-refractivity contribution in [2.45, 2.75) is 0 Å². The van der Waals surface area contributed by atoms with Gasteiger partial charge in [0, 0.05) is 16.1 Å². The van der Waals surface area contributed by atoms with Crippen LogP contribution in [-0.2, 0) is 0 Å². The number of benzene rings is 2. The topological polar surface area (TPSA) is 36.9 Å². The number of nitriles is 1. The molecule has 1 heterocycles. The van der Waals surface area contributed by atoms with Gasteiger partial charge in [-0.3, -0.25) is 0 Å². The highest BCUT2D eigenvalue weighted by molar-refractivity contribution is 6.42. The lowest BCUT2D eigenvalue weighted by Gasteiger charge is -2.01. The Labute approximate surface area is 154 Å². The van der Waals surface area contributed by atoms with Crippen molar-refractivity contribution in [2.75, 3.05) is 0 Å². The van der Waals surface area contributed by atoms with E-state index in [2.05, 4.69) is 6.07 Å². The molecule has 3 rings (SSSR count). The predicted octanol–water partition coefficient (Wildman–Crippen LogP) is 6.97. The van der Waals surface area contributed by atoms with Crippen molar-refractivity contribution in [1.82, 2.24) is 0 Å². The number of rotatable bonds is 3. The van der Waals surface area contributed by atoms with Crippen LogP contribution >= 0.6 is 34.8 Å². The van der Waals surface area contributed by atoms with E-state index in [9.17, 15) is 5.26 Å². The Bertz CT molecular complexity index is 967. The first-order valence-corrected chi connectivity index (χ1v) is 8.14. The molecule has 0 aliphatic rings. The number of allylic oxidation sites excluding steroid dienone is 1. The SMILES string of the molecule is N#CC(=Cc1ccc(-c2ccc(Cl)c(Cl)c2)o1)c1ccccc1Cl. The Kier molecular flexibility index (Phi) is 4.97. The zero-order chi connectivity index (χ0) is 17.1. The smallest absolute Gasteiger partial charge is 0.134 e. The van der Waals surface area contributed by atoms with Crippen LogP contribution in [0.1, 0.15) is 11.3 Å².